The van der Waals surface area contributed by atoms with Gasteiger partial charge in [-0.25, -0.2) is 9.37 Å². The SMILES string of the molecule is C#CCn1c(-c2cc3cccc4c3n2C(CC)CN4CCCO)nc2cc(C)cc(F)c21. The fourth-order valence-electron chi connectivity index (χ4n) is 5.08. The monoisotopic (exact) mass is 430 g/mol. The average molecular weight is 431 g/mol. The predicted molar refractivity (Wildman–Crippen MR) is 127 cm³/mol. The summed E-state index contributed by atoms with van der Waals surface area (Å²) < 4.78 is 19.2. The van der Waals surface area contributed by atoms with Gasteiger partial charge in [0.15, 0.2) is 5.82 Å². The number of hydrogen-bond acceptors (Lipinski definition) is 3. The van der Waals surface area contributed by atoms with E-state index >= 15 is 0 Å². The number of aliphatic hydroxyl groups is 1. The van der Waals surface area contributed by atoms with Crippen molar-refractivity contribution in [3.8, 4) is 23.9 Å². The second-order valence-electron chi connectivity index (χ2n) is 8.54. The van der Waals surface area contributed by atoms with Gasteiger partial charge < -0.3 is 19.1 Å². The van der Waals surface area contributed by atoms with Crippen molar-refractivity contribution in [1.82, 2.24) is 14.1 Å². The zero-order valence-electron chi connectivity index (χ0n) is 18.5. The molecule has 0 bridgehead atoms. The van der Waals surface area contributed by atoms with Crippen molar-refractivity contribution in [1.29, 1.82) is 0 Å². The molecule has 1 atom stereocenters. The summed E-state index contributed by atoms with van der Waals surface area (Å²) in [6.45, 7) is 6.15. The second-order valence-corrected chi connectivity index (χ2v) is 8.54. The van der Waals surface area contributed by atoms with Gasteiger partial charge >= 0.3 is 0 Å². The van der Waals surface area contributed by atoms with Crippen molar-refractivity contribution in [2.24, 2.45) is 0 Å². The molecule has 164 valence electrons. The van der Waals surface area contributed by atoms with Gasteiger partial charge in [0.25, 0.3) is 0 Å². The zero-order chi connectivity index (χ0) is 22.4. The number of aromatic nitrogens is 3. The molecular formula is C26H27FN4O. The maximum atomic E-state index is 15.0. The van der Waals surface area contributed by atoms with E-state index < -0.39 is 0 Å². The van der Waals surface area contributed by atoms with E-state index in [-0.39, 0.29) is 25.0 Å². The van der Waals surface area contributed by atoms with Gasteiger partial charge in [0.1, 0.15) is 11.3 Å². The van der Waals surface area contributed by atoms with Crippen LogP contribution >= 0.6 is 0 Å². The Morgan fingerprint density at radius 3 is 2.84 bits per heavy atom. The second kappa shape index (κ2) is 7.99. The summed E-state index contributed by atoms with van der Waals surface area (Å²) in [5.41, 5.74) is 5.20. The zero-order valence-corrected chi connectivity index (χ0v) is 18.5. The molecule has 5 rings (SSSR count). The molecule has 4 aromatic rings. The molecule has 1 aliphatic rings. The Balaban J connectivity index is 1.80. The summed E-state index contributed by atoms with van der Waals surface area (Å²) in [6.07, 6.45) is 7.36. The van der Waals surface area contributed by atoms with Crippen molar-refractivity contribution in [3.05, 3.63) is 47.8 Å². The summed E-state index contributed by atoms with van der Waals surface area (Å²) in [4.78, 5) is 7.24. The summed E-state index contributed by atoms with van der Waals surface area (Å²) in [7, 11) is 0. The lowest BCUT2D eigenvalue weighted by molar-refractivity contribution is 0.288. The highest BCUT2D eigenvalue weighted by Gasteiger charge is 2.30. The number of terminal acetylenes is 1. The molecule has 32 heavy (non-hydrogen) atoms. The van der Waals surface area contributed by atoms with E-state index in [1.54, 1.807) is 0 Å². The number of benzene rings is 2. The molecule has 0 saturated heterocycles. The maximum absolute atomic E-state index is 15.0. The molecule has 0 aliphatic carbocycles. The van der Waals surface area contributed by atoms with Crippen LogP contribution in [0.5, 0.6) is 0 Å². The van der Waals surface area contributed by atoms with Crippen LogP contribution in [-0.2, 0) is 6.54 Å². The van der Waals surface area contributed by atoms with Crippen molar-refractivity contribution in [3.63, 3.8) is 0 Å². The van der Waals surface area contributed by atoms with Gasteiger partial charge in [-0.1, -0.05) is 25.0 Å². The van der Waals surface area contributed by atoms with E-state index in [2.05, 4.69) is 46.6 Å². The number of hydrogen-bond donors (Lipinski definition) is 1. The summed E-state index contributed by atoms with van der Waals surface area (Å²) in [6, 6.07) is 12.1. The first-order chi connectivity index (χ1) is 15.6. The topological polar surface area (TPSA) is 46.2 Å². The molecule has 0 saturated carbocycles. The Morgan fingerprint density at radius 1 is 1.25 bits per heavy atom. The molecule has 2 aromatic carbocycles. The lowest BCUT2D eigenvalue weighted by Crippen LogP contribution is -2.36. The summed E-state index contributed by atoms with van der Waals surface area (Å²) >= 11 is 0. The Kier molecular flexibility index (Phi) is 5.15. The molecule has 0 fully saturated rings. The first kappa shape index (κ1) is 20.6. The molecule has 5 nitrogen and oxygen atoms in total. The molecule has 1 N–H and O–H groups in total. The molecule has 0 amide bonds. The van der Waals surface area contributed by atoms with Gasteiger partial charge in [0.05, 0.1) is 35.0 Å². The number of halogens is 1. The Bertz CT molecular complexity index is 1360. The predicted octanol–water partition coefficient (Wildman–Crippen LogP) is 4.89. The first-order valence-corrected chi connectivity index (χ1v) is 11.2. The fraction of sp³-hybridized carbons (Fsp3) is 0.346. The number of rotatable bonds is 6. The van der Waals surface area contributed by atoms with Crippen LogP contribution in [0.3, 0.4) is 0 Å². The van der Waals surface area contributed by atoms with E-state index in [1.165, 1.54) is 6.07 Å². The number of anilines is 1. The fourth-order valence-corrected chi connectivity index (χ4v) is 5.08. The van der Waals surface area contributed by atoms with Gasteiger partial charge in [0.2, 0.25) is 0 Å². The number of aryl methyl sites for hydroxylation is 1. The number of imidazole rings is 1. The molecule has 6 heteroatoms. The Labute approximate surface area is 187 Å². The largest absolute Gasteiger partial charge is 0.396 e. The van der Waals surface area contributed by atoms with E-state index in [9.17, 15) is 9.50 Å². The minimum absolute atomic E-state index is 0.177. The molecule has 0 spiro atoms. The van der Waals surface area contributed by atoms with Crippen LogP contribution in [0.25, 0.3) is 33.5 Å². The lowest BCUT2D eigenvalue weighted by atomic mass is 10.1. The van der Waals surface area contributed by atoms with Crippen LogP contribution in [0.2, 0.25) is 0 Å². The maximum Gasteiger partial charge on any atom is 0.158 e. The van der Waals surface area contributed by atoms with Gasteiger partial charge in [-0.15, -0.1) is 6.42 Å². The van der Waals surface area contributed by atoms with Crippen molar-refractivity contribution < 1.29 is 9.50 Å². The minimum atomic E-state index is -0.299. The van der Waals surface area contributed by atoms with Crippen LogP contribution in [0, 0.1) is 25.1 Å². The Morgan fingerprint density at radius 2 is 2.09 bits per heavy atom. The highest BCUT2D eigenvalue weighted by molar-refractivity contribution is 5.97. The van der Waals surface area contributed by atoms with E-state index in [0.717, 1.165) is 53.8 Å². The number of para-hydroxylation sites is 1. The minimum Gasteiger partial charge on any atom is -0.396 e. The average Bonchev–Trinajstić information content (AvgIpc) is 3.33. The lowest BCUT2D eigenvalue weighted by Gasteiger charge is -2.36. The number of nitrogens with zero attached hydrogens (tertiary/aromatic N) is 4. The first-order valence-electron chi connectivity index (χ1n) is 11.2. The summed E-state index contributed by atoms with van der Waals surface area (Å²) in [5, 5.41) is 10.5. The summed E-state index contributed by atoms with van der Waals surface area (Å²) in [5.74, 6) is 3.08. The highest BCUT2D eigenvalue weighted by atomic mass is 19.1. The third kappa shape index (κ3) is 3.08. The smallest absolute Gasteiger partial charge is 0.158 e. The van der Waals surface area contributed by atoms with Crippen LogP contribution in [0.4, 0.5) is 10.1 Å². The third-order valence-corrected chi connectivity index (χ3v) is 6.45. The van der Waals surface area contributed by atoms with Crippen molar-refractivity contribution in [2.45, 2.75) is 39.3 Å². The highest BCUT2D eigenvalue weighted by Crippen LogP contribution is 2.42. The van der Waals surface area contributed by atoms with Gasteiger partial charge in [-0.2, -0.15) is 0 Å². The van der Waals surface area contributed by atoms with Crippen molar-refractivity contribution >= 4 is 27.6 Å². The molecular weight excluding hydrogens is 403 g/mol. The van der Waals surface area contributed by atoms with Crippen LogP contribution in [0.15, 0.2) is 36.4 Å². The van der Waals surface area contributed by atoms with Crippen LogP contribution in [-0.4, -0.2) is 38.9 Å². The van der Waals surface area contributed by atoms with E-state index in [1.807, 2.05) is 17.6 Å². The number of aliphatic hydroxyl groups excluding tert-OH is 1. The van der Waals surface area contributed by atoms with E-state index in [0.29, 0.717) is 16.9 Å². The van der Waals surface area contributed by atoms with E-state index in [4.69, 9.17) is 11.4 Å². The Hall–Kier alpha value is -3.30. The van der Waals surface area contributed by atoms with Gasteiger partial charge in [-0.05, 0) is 49.6 Å². The normalized spacial score (nSPS) is 15.6. The standard InChI is InChI=1S/C26H27FN4O/c1-4-10-30-25-20(27)13-17(3)14-21(25)28-26(30)23-15-18-8-6-9-22-24(18)31(23)19(5-2)16-29(22)11-7-12-32/h1,6,8-9,13-15,19,32H,5,7,10-12,16H2,2-3H3. The van der Waals surface area contributed by atoms with Gasteiger partial charge in [-0.3, -0.25) is 0 Å². The molecule has 1 aliphatic heterocycles. The van der Waals surface area contributed by atoms with Gasteiger partial charge in [0, 0.05) is 25.1 Å². The third-order valence-electron chi connectivity index (χ3n) is 6.45. The van der Waals surface area contributed by atoms with Crippen molar-refractivity contribution in [2.75, 3.05) is 24.6 Å². The molecule has 2 aromatic heterocycles. The van der Waals surface area contributed by atoms with Crippen LogP contribution < -0.4 is 4.90 Å². The molecule has 1 unspecified atom stereocenters. The molecule has 0 radical (unpaired) electrons. The quantitative estimate of drug-likeness (QED) is 0.443. The van der Waals surface area contributed by atoms with Crippen LogP contribution in [0.1, 0.15) is 31.4 Å². The molecule has 3 heterocycles. The number of fused-ring (bicyclic) bond motifs is 1.